The highest BCUT2D eigenvalue weighted by Gasteiger charge is 2.16. The third kappa shape index (κ3) is 4.01. The minimum atomic E-state index is -1.05. The Labute approximate surface area is 169 Å². The van der Waals surface area contributed by atoms with Crippen molar-refractivity contribution in [1.82, 2.24) is 9.78 Å². The summed E-state index contributed by atoms with van der Waals surface area (Å²) in [5, 5.41) is 14.5. The Morgan fingerprint density at radius 2 is 1.79 bits per heavy atom. The summed E-state index contributed by atoms with van der Waals surface area (Å²) in [7, 11) is 0.511. The molecule has 1 atom stereocenters. The highest BCUT2D eigenvalue weighted by molar-refractivity contribution is 7.99. The summed E-state index contributed by atoms with van der Waals surface area (Å²) in [6.07, 6.45) is 1.62. The van der Waals surface area contributed by atoms with E-state index in [1.54, 1.807) is 56.7 Å². The highest BCUT2D eigenvalue weighted by Crippen LogP contribution is 2.30. The molecule has 2 aromatic carbocycles. The van der Waals surface area contributed by atoms with E-state index in [1.807, 2.05) is 18.2 Å². The second-order valence-corrected chi connectivity index (χ2v) is 8.30. The van der Waals surface area contributed by atoms with Crippen LogP contribution >= 0.6 is 11.8 Å². The Balaban J connectivity index is 2.07. The predicted molar refractivity (Wildman–Crippen MR) is 109 cm³/mol. The van der Waals surface area contributed by atoms with Crippen LogP contribution in [-0.2, 0) is 10.8 Å². The Morgan fingerprint density at radius 3 is 2.32 bits per heavy atom. The summed E-state index contributed by atoms with van der Waals surface area (Å²) < 4.78 is 17.9. The molecule has 0 saturated heterocycles. The molecule has 0 aliphatic carbocycles. The molecule has 0 N–H and O–H groups in total. The summed E-state index contributed by atoms with van der Waals surface area (Å²) in [5.41, 5.74) is 0.664. The number of hydrogen-bond acceptors (Lipinski definition) is 6. The second-order valence-electron chi connectivity index (χ2n) is 5.86. The van der Waals surface area contributed by atoms with Crippen molar-refractivity contribution < 1.29 is 8.95 Å². The Kier molecular flexibility index (Phi) is 5.97. The van der Waals surface area contributed by atoms with E-state index in [9.17, 15) is 14.3 Å². The van der Waals surface area contributed by atoms with Crippen LogP contribution in [0.15, 0.2) is 68.1 Å². The van der Waals surface area contributed by atoms with Gasteiger partial charge in [0.25, 0.3) is 5.56 Å². The largest absolute Gasteiger partial charge is 0.497 e. The van der Waals surface area contributed by atoms with Crippen molar-refractivity contribution in [3.05, 3.63) is 70.0 Å². The summed E-state index contributed by atoms with van der Waals surface area (Å²) in [4.78, 5) is 14.3. The van der Waals surface area contributed by atoms with E-state index in [1.165, 1.54) is 16.4 Å². The average Bonchev–Trinajstić information content (AvgIpc) is 2.71. The van der Waals surface area contributed by atoms with Crippen molar-refractivity contribution in [2.75, 3.05) is 13.4 Å². The normalized spacial score (nSPS) is 11.6. The van der Waals surface area contributed by atoms with E-state index in [-0.39, 0.29) is 5.56 Å². The third-order valence-electron chi connectivity index (χ3n) is 4.09. The number of hydrogen-bond donors (Lipinski definition) is 0. The first-order chi connectivity index (χ1) is 13.4. The molecule has 28 heavy (non-hydrogen) atoms. The van der Waals surface area contributed by atoms with Crippen LogP contribution in [0.25, 0.3) is 5.69 Å². The third-order valence-corrected chi connectivity index (χ3v) is 6.12. The van der Waals surface area contributed by atoms with E-state index in [4.69, 9.17) is 4.74 Å². The predicted octanol–water partition coefficient (Wildman–Crippen LogP) is 3.31. The molecule has 1 heterocycles. The fourth-order valence-corrected chi connectivity index (χ4v) is 3.91. The summed E-state index contributed by atoms with van der Waals surface area (Å²) in [5.74, 6) is 0.660. The molecule has 8 heteroatoms. The minimum absolute atomic E-state index is 0.0552. The van der Waals surface area contributed by atoms with E-state index in [2.05, 4.69) is 5.10 Å². The van der Waals surface area contributed by atoms with E-state index in [0.717, 1.165) is 9.79 Å². The fraction of sp³-hybridized carbons (Fsp3) is 0.150. The van der Waals surface area contributed by atoms with Gasteiger partial charge < -0.3 is 4.74 Å². The molecule has 0 aliphatic heterocycles. The molecular weight excluding hydrogens is 394 g/mol. The lowest BCUT2D eigenvalue weighted by Crippen LogP contribution is -2.25. The van der Waals surface area contributed by atoms with E-state index >= 15 is 0 Å². The fourth-order valence-electron chi connectivity index (χ4n) is 2.52. The maximum atomic E-state index is 12.7. The zero-order valence-electron chi connectivity index (χ0n) is 15.5. The molecule has 0 amide bonds. The zero-order valence-corrected chi connectivity index (χ0v) is 17.1. The smallest absolute Gasteiger partial charge is 0.289 e. The Hall–Kier alpha value is -2.89. The van der Waals surface area contributed by atoms with Crippen LogP contribution in [0, 0.1) is 18.3 Å². The molecule has 3 aromatic rings. The van der Waals surface area contributed by atoms with Gasteiger partial charge in [0.2, 0.25) is 0 Å². The molecular formula is C20H17N3O3S2. The zero-order chi connectivity index (χ0) is 20.3. The van der Waals surface area contributed by atoms with Crippen LogP contribution in [0.3, 0.4) is 0 Å². The number of nitrogens with zero attached hydrogens (tertiary/aromatic N) is 3. The number of aromatic nitrogens is 2. The molecule has 6 nitrogen and oxygen atoms in total. The maximum absolute atomic E-state index is 12.7. The first kappa shape index (κ1) is 19.9. The van der Waals surface area contributed by atoms with Gasteiger partial charge in [-0.15, -0.1) is 0 Å². The van der Waals surface area contributed by atoms with Crippen LogP contribution in [0.2, 0.25) is 0 Å². The molecule has 0 spiro atoms. The SMILES string of the molecule is COc1ccc(-n2nc(Sc3ccc(S(C)=O)cc3)c(C)c(C#N)c2=O)cc1. The molecule has 0 radical (unpaired) electrons. The molecule has 3 rings (SSSR count). The van der Waals surface area contributed by atoms with Crippen molar-refractivity contribution in [3.8, 4) is 17.5 Å². The Bertz CT molecular complexity index is 1130. The van der Waals surface area contributed by atoms with Crippen LogP contribution < -0.4 is 10.3 Å². The van der Waals surface area contributed by atoms with Crippen molar-refractivity contribution >= 4 is 22.6 Å². The summed E-state index contributed by atoms with van der Waals surface area (Å²) in [6, 6.07) is 16.1. The molecule has 0 bridgehead atoms. The van der Waals surface area contributed by atoms with Crippen molar-refractivity contribution in [1.29, 1.82) is 5.26 Å². The van der Waals surface area contributed by atoms with Gasteiger partial charge in [-0.1, -0.05) is 11.8 Å². The van der Waals surface area contributed by atoms with Crippen molar-refractivity contribution in [3.63, 3.8) is 0 Å². The maximum Gasteiger partial charge on any atom is 0.289 e. The van der Waals surface area contributed by atoms with Gasteiger partial charge in [-0.3, -0.25) is 9.00 Å². The molecule has 0 fully saturated rings. The number of methoxy groups -OCH3 is 1. The van der Waals surface area contributed by atoms with Crippen LogP contribution in [0.1, 0.15) is 11.1 Å². The first-order valence-corrected chi connectivity index (χ1v) is 10.6. The average molecular weight is 412 g/mol. The lowest BCUT2D eigenvalue weighted by atomic mass is 10.2. The number of nitriles is 1. The van der Waals surface area contributed by atoms with Gasteiger partial charge >= 0.3 is 0 Å². The lowest BCUT2D eigenvalue weighted by Gasteiger charge is -2.12. The summed E-state index contributed by atoms with van der Waals surface area (Å²) in [6.45, 7) is 1.71. The highest BCUT2D eigenvalue weighted by atomic mass is 32.2. The molecule has 142 valence electrons. The van der Waals surface area contributed by atoms with Crippen molar-refractivity contribution in [2.24, 2.45) is 0 Å². The van der Waals surface area contributed by atoms with Crippen LogP contribution in [0.4, 0.5) is 0 Å². The van der Waals surface area contributed by atoms with Crippen LogP contribution in [0.5, 0.6) is 5.75 Å². The van der Waals surface area contributed by atoms with Gasteiger partial charge in [-0.25, -0.2) is 0 Å². The molecule has 0 aliphatic rings. The monoisotopic (exact) mass is 411 g/mol. The molecule has 1 aromatic heterocycles. The van der Waals surface area contributed by atoms with Crippen LogP contribution in [-0.4, -0.2) is 27.4 Å². The van der Waals surface area contributed by atoms with E-state index < -0.39 is 16.4 Å². The standard InChI is InChI=1S/C20H17N3O3S2/c1-13-18(12-21)20(24)23(14-4-6-15(26-2)7-5-14)22-19(13)27-16-8-10-17(11-9-16)28(3)25/h4-11H,1-3H3. The molecule has 1 unspecified atom stereocenters. The number of rotatable bonds is 5. The van der Waals surface area contributed by atoms with Gasteiger partial charge in [0.15, 0.2) is 0 Å². The van der Waals surface area contributed by atoms with Gasteiger partial charge in [0.1, 0.15) is 22.4 Å². The van der Waals surface area contributed by atoms with E-state index in [0.29, 0.717) is 22.0 Å². The minimum Gasteiger partial charge on any atom is -0.497 e. The van der Waals surface area contributed by atoms with Gasteiger partial charge in [-0.2, -0.15) is 15.0 Å². The van der Waals surface area contributed by atoms with Gasteiger partial charge in [0, 0.05) is 32.4 Å². The quantitative estimate of drug-likeness (QED) is 0.640. The number of ether oxygens (including phenoxy) is 1. The number of benzene rings is 2. The second kappa shape index (κ2) is 8.42. The Morgan fingerprint density at radius 1 is 1.14 bits per heavy atom. The summed E-state index contributed by atoms with van der Waals surface area (Å²) >= 11 is 1.34. The lowest BCUT2D eigenvalue weighted by molar-refractivity contribution is 0.414. The molecule has 0 saturated carbocycles. The van der Waals surface area contributed by atoms with Gasteiger partial charge in [-0.05, 0) is 55.5 Å². The van der Waals surface area contributed by atoms with Gasteiger partial charge in [0.05, 0.1) is 12.8 Å². The topological polar surface area (TPSA) is 85.0 Å². The first-order valence-electron chi connectivity index (χ1n) is 8.24. The van der Waals surface area contributed by atoms with Crippen molar-refractivity contribution in [2.45, 2.75) is 21.7 Å².